The lowest BCUT2D eigenvalue weighted by Crippen LogP contribution is -2.32. The van der Waals surface area contributed by atoms with Crippen molar-refractivity contribution in [1.82, 2.24) is 14.4 Å². The molecule has 3 aromatic carbocycles. The molecular weight excluding hydrogens is 534 g/mol. The molecule has 0 saturated carbocycles. The number of rotatable bonds is 12. The van der Waals surface area contributed by atoms with Crippen LogP contribution in [0.15, 0.2) is 82.5 Å². The molecule has 1 heterocycles. The van der Waals surface area contributed by atoms with E-state index in [-0.39, 0.29) is 32.7 Å². The van der Waals surface area contributed by atoms with Crippen molar-refractivity contribution in [1.29, 1.82) is 0 Å². The molecule has 0 saturated heterocycles. The number of nitrogens with zero attached hydrogens (tertiary/aromatic N) is 3. The molecule has 0 radical (unpaired) electrons. The summed E-state index contributed by atoms with van der Waals surface area (Å²) in [6.45, 7) is 2.28. The van der Waals surface area contributed by atoms with E-state index in [2.05, 4.69) is 17.2 Å². The first-order valence-corrected chi connectivity index (χ1v) is 14.5. The van der Waals surface area contributed by atoms with Crippen molar-refractivity contribution in [3.8, 4) is 5.75 Å². The molecule has 0 N–H and O–H groups in total. The molecule has 0 aliphatic carbocycles. The number of hydrogen-bond acceptors (Lipinski definition) is 9. The van der Waals surface area contributed by atoms with Crippen LogP contribution < -0.4 is 10.3 Å². The van der Waals surface area contributed by atoms with Gasteiger partial charge in [-0.3, -0.25) is 4.79 Å². The van der Waals surface area contributed by atoms with Crippen LogP contribution >= 0.6 is 0 Å². The Morgan fingerprint density at radius 2 is 1.55 bits per heavy atom. The molecule has 1 aromatic heterocycles. The van der Waals surface area contributed by atoms with Gasteiger partial charge in [-0.25, -0.2) is 9.59 Å². The Morgan fingerprint density at radius 3 is 2.33 bits per heavy atom. The SMILES string of the molecule is CCCCCCCCOC(=O)c1ccccc1S(=O)(=O)n1nnc2ccc(C(=O)Oc3ccccc3)cc2c1=O. The quantitative estimate of drug-likeness (QED) is 0.136. The molecule has 0 aliphatic heterocycles. The second-order valence-corrected chi connectivity index (χ2v) is 10.8. The number of esters is 2. The normalized spacial score (nSPS) is 11.3. The van der Waals surface area contributed by atoms with E-state index in [0.717, 1.165) is 32.1 Å². The number of carbonyl (C=O) groups excluding carboxylic acids is 2. The molecule has 0 fully saturated rings. The van der Waals surface area contributed by atoms with Crippen molar-refractivity contribution in [2.75, 3.05) is 6.61 Å². The summed E-state index contributed by atoms with van der Waals surface area (Å²) in [7, 11) is -4.65. The number of para-hydroxylation sites is 1. The van der Waals surface area contributed by atoms with Gasteiger partial charge in [0.15, 0.2) is 0 Å². The van der Waals surface area contributed by atoms with Gasteiger partial charge in [0.25, 0.3) is 15.6 Å². The highest BCUT2D eigenvalue weighted by atomic mass is 32.2. The summed E-state index contributed by atoms with van der Waals surface area (Å²) >= 11 is 0. The first-order chi connectivity index (χ1) is 19.3. The van der Waals surface area contributed by atoms with Crippen molar-refractivity contribution in [2.24, 2.45) is 0 Å². The smallest absolute Gasteiger partial charge is 0.343 e. The van der Waals surface area contributed by atoms with Gasteiger partial charge in [-0.1, -0.05) is 73.4 Å². The van der Waals surface area contributed by atoms with Crippen molar-refractivity contribution >= 4 is 32.9 Å². The van der Waals surface area contributed by atoms with E-state index >= 15 is 0 Å². The van der Waals surface area contributed by atoms with Gasteiger partial charge in [0.2, 0.25) is 0 Å². The first-order valence-electron chi connectivity index (χ1n) is 13.0. The Balaban J connectivity index is 1.59. The minimum Gasteiger partial charge on any atom is -0.462 e. The minimum absolute atomic E-state index is 0.0177. The molecule has 11 heteroatoms. The first kappa shape index (κ1) is 28.6. The van der Waals surface area contributed by atoms with Crippen LogP contribution in [0, 0.1) is 0 Å². The van der Waals surface area contributed by atoms with Crippen LogP contribution in [0.4, 0.5) is 0 Å². The average molecular weight is 564 g/mol. The third-order valence-corrected chi connectivity index (χ3v) is 7.77. The van der Waals surface area contributed by atoms with E-state index < -0.39 is 32.4 Å². The number of benzene rings is 3. The van der Waals surface area contributed by atoms with Gasteiger partial charge < -0.3 is 9.47 Å². The molecule has 0 atom stereocenters. The van der Waals surface area contributed by atoms with E-state index in [4.69, 9.17) is 9.47 Å². The molecule has 0 amide bonds. The molecule has 0 unspecified atom stereocenters. The summed E-state index contributed by atoms with van der Waals surface area (Å²) < 4.78 is 37.9. The number of ether oxygens (including phenoxy) is 2. The maximum absolute atomic E-state index is 13.5. The molecule has 4 rings (SSSR count). The lowest BCUT2D eigenvalue weighted by Gasteiger charge is -2.11. The zero-order valence-electron chi connectivity index (χ0n) is 22.0. The van der Waals surface area contributed by atoms with Gasteiger partial charge in [0, 0.05) is 0 Å². The van der Waals surface area contributed by atoms with Gasteiger partial charge in [-0.05, 0) is 54.1 Å². The van der Waals surface area contributed by atoms with Crippen LogP contribution in [-0.4, -0.2) is 41.4 Å². The molecule has 0 spiro atoms. The third kappa shape index (κ3) is 6.60. The Morgan fingerprint density at radius 1 is 0.850 bits per heavy atom. The maximum Gasteiger partial charge on any atom is 0.343 e. The second-order valence-electron chi connectivity index (χ2n) is 9.08. The molecule has 0 aliphatic rings. The van der Waals surface area contributed by atoms with Gasteiger partial charge in [-0.15, -0.1) is 5.10 Å². The van der Waals surface area contributed by atoms with Gasteiger partial charge in [0.1, 0.15) is 16.2 Å². The predicted molar refractivity (Wildman–Crippen MR) is 148 cm³/mol. The fraction of sp³-hybridized carbons (Fsp3) is 0.276. The molecule has 4 aromatic rings. The predicted octanol–water partition coefficient (Wildman–Crippen LogP) is 4.77. The van der Waals surface area contributed by atoms with Crippen molar-refractivity contribution in [3.05, 3.63) is 94.3 Å². The number of carbonyl (C=O) groups is 2. The monoisotopic (exact) mass is 563 g/mol. The third-order valence-electron chi connectivity index (χ3n) is 6.17. The molecule has 0 bridgehead atoms. The highest BCUT2D eigenvalue weighted by molar-refractivity contribution is 7.90. The van der Waals surface area contributed by atoms with Crippen LogP contribution in [-0.2, 0) is 14.8 Å². The van der Waals surface area contributed by atoms with E-state index in [9.17, 15) is 22.8 Å². The van der Waals surface area contributed by atoms with E-state index in [1.807, 2.05) is 0 Å². The van der Waals surface area contributed by atoms with E-state index in [1.165, 1.54) is 42.5 Å². The van der Waals surface area contributed by atoms with Crippen LogP contribution in [0.5, 0.6) is 5.75 Å². The highest BCUT2D eigenvalue weighted by Gasteiger charge is 2.28. The van der Waals surface area contributed by atoms with Crippen LogP contribution in [0.25, 0.3) is 10.9 Å². The van der Waals surface area contributed by atoms with E-state index in [1.54, 1.807) is 30.3 Å². The second kappa shape index (κ2) is 13.1. The van der Waals surface area contributed by atoms with Gasteiger partial charge in [0.05, 0.1) is 23.1 Å². The number of hydrogen-bond donors (Lipinski definition) is 0. The lowest BCUT2D eigenvalue weighted by atomic mass is 10.1. The summed E-state index contributed by atoms with van der Waals surface area (Å²) in [5, 5.41) is 7.29. The number of unbranched alkanes of at least 4 members (excludes halogenated alkanes) is 5. The van der Waals surface area contributed by atoms with Gasteiger partial charge in [-0.2, -0.15) is 8.42 Å². The standard InChI is InChI=1S/C29H29N3O7S/c1-2-3-4-5-6-12-19-38-29(35)23-15-10-11-16-26(23)40(36,37)32-27(33)24-20-21(17-18-25(24)30-31-32)28(34)39-22-13-8-7-9-14-22/h7-11,13-18,20H,2-6,12,19H2,1H3. The van der Waals surface area contributed by atoms with E-state index in [0.29, 0.717) is 12.2 Å². The summed E-state index contributed by atoms with van der Waals surface area (Å²) in [5.41, 5.74) is -1.15. The van der Waals surface area contributed by atoms with Crippen molar-refractivity contribution < 1.29 is 27.5 Å². The Hall–Kier alpha value is -4.38. The molecule has 208 valence electrons. The molecule has 10 nitrogen and oxygen atoms in total. The Kier molecular flexibility index (Phi) is 9.39. The summed E-state index contributed by atoms with van der Waals surface area (Å²) in [5.74, 6) is -1.25. The van der Waals surface area contributed by atoms with Gasteiger partial charge >= 0.3 is 11.9 Å². The van der Waals surface area contributed by atoms with Crippen LogP contribution in [0.2, 0.25) is 0 Å². The van der Waals surface area contributed by atoms with Crippen LogP contribution in [0.1, 0.15) is 66.2 Å². The van der Waals surface area contributed by atoms with Crippen molar-refractivity contribution in [2.45, 2.75) is 50.3 Å². The number of aromatic nitrogens is 3. The molecular formula is C29H29N3O7S. The zero-order chi connectivity index (χ0) is 28.5. The largest absolute Gasteiger partial charge is 0.462 e. The average Bonchev–Trinajstić information content (AvgIpc) is 2.97. The fourth-order valence-corrected chi connectivity index (χ4v) is 5.36. The maximum atomic E-state index is 13.5. The number of fused-ring (bicyclic) bond motifs is 1. The Labute approximate surface area is 231 Å². The minimum atomic E-state index is -4.65. The summed E-state index contributed by atoms with van der Waals surface area (Å²) in [6.07, 6.45) is 5.99. The lowest BCUT2D eigenvalue weighted by molar-refractivity contribution is 0.0492. The summed E-state index contributed by atoms with van der Waals surface area (Å²) in [6, 6.07) is 17.8. The van der Waals surface area contributed by atoms with Crippen molar-refractivity contribution in [3.63, 3.8) is 0 Å². The topological polar surface area (TPSA) is 135 Å². The zero-order valence-corrected chi connectivity index (χ0v) is 22.8. The molecule has 40 heavy (non-hydrogen) atoms. The Bertz CT molecular complexity index is 1670. The highest BCUT2D eigenvalue weighted by Crippen LogP contribution is 2.20. The van der Waals surface area contributed by atoms with Crippen LogP contribution in [0.3, 0.4) is 0 Å². The fourth-order valence-electron chi connectivity index (χ4n) is 4.04. The summed E-state index contributed by atoms with van der Waals surface area (Å²) in [4.78, 5) is 38.3.